The Balaban J connectivity index is 2.46. The second-order valence-corrected chi connectivity index (χ2v) is 4.71. The Bertz CT molecular complexity index is 410. The molecule has 0 spiro atoms. The van der Waals surface area contributed by atoms with E-state index in [0.29, 0.717) is 12.2 Å². The Hall–Kier alpha value is -1.02. The second-order valence-electron chi connectivity index (χ2n) is 4.44. The zero-order valence-electron chi connectivity index (χ0n) is 8.84. The average Bonchev–Trinajstić information content (AvgIpc) is 2.53. The van der Waals surface area contributed by atoms with Crippen LogP contribution in [0.3, 0.4) is 0 Å². The third kappa shape index (κ3) is 1.74. The summed E-state index contributed by atoms with van der Waals surface area (Å²) in [6, 6.07) is 5.52. The van der Waals surface area contributed by atoms with E-state index in [4.69, 9.17) is 16.3 Å². The summed E-state index contributed by atoms with van der Waals surface area (Å²) in [6.45, 7) is 4.88. The SMILES string of the molecule is CC1(C)COc2ccc(C(=O)CCl)cc21. The van der Waals surface area contributed by atoms with Crippen molar-refractivity contribution in [2.45, 2.75) is 19.3 Å². The molecule has 1 aliphatic rings. The highest BCUT2D eigenvalue weighted by molar-refractivity contribution is 6.30. The molecule has 0 fully saturated rings. The first kappa shape index (κ1) is 10.5. The van der Waals surface area contributed by atoms with Crippen LogP contribution in [0, 0.1) is 0 Å². The summed E-state index contributed by atoms with van der Waals surface area (Å²) in [5, 5.41) is 0. The standard InChI is InChI=1S/C12H13ClO2/c1-12(2)7-15-11-4-3-8(5-9(11)12)10(14)6-13/h3-5H,6-7H2,1-2H3. The second kappa shape index (κ2) is 3.53. The van der Waals surface area contributed by atoms with Crippen LogP contribution in [0.1, 0.15) is 29.8 Å². The van der Waals surface area contributed by atoms with E-state index in [1.54, 1.807) is 6.07 Å². The molecule has 0 aliphatic carbocycles. The van der Waals surface area contributed by atoms with E-state index in [-0.39, 0.29) is 17.1 Å². The predicted octanol–water partition coefficient (Wildman–Crippen LogP) is 2.78. The maximum absolute atomic E-state index is 11.5. The lowest BCUT2D eigenvalue weighted by Crippen LogP contribution is -2.18. The number of rotatable bonds is 2. The van der Waals surface area contributed by atoms with E-state index in [2.05, 4.69) is 13.8 Å². The number of hydrogen-bond acceptors (Lipinski definition) is 2. The summed E-state index contributed by atoms with van der Waals surface area (Å²) in [4.78, 5) is 11.5. The molecule has 0 bridgehead atoms. The van der Waals surface area contributed by atoms with Gasteiger partial charge in [-0.1, -0.05) is 13.8 Å². The highest BCUT2D eigenvalue weighted by Crippen LogP contribution is 2.38. The molecule has 0 N–H and O–H groups in total. The molecule has 1 aromatic carbocycles. The number of hydrogen-bond donors (Lipinski definition) is 0. The van der Waals surface area contributed by atoms with Crippen molar-refractivity contribution in [3.8, 4) is 5.75 Å². The summed E-state index contributed by atoms with van der Waals surface area (Å²) < 4.78 is 5.54. The van der Waals surface area contributed by atoms with Gasteiger partial charge in [-0.3, -0.25) is 4.79 Å². The van der Waals surface area contributed by atoms with Crippen molar-refractivity contribution in [1.29, 1.82) is 0 Å². The molecule has 0 amide bonds. The van der Waals surface area contributed by atoms with Crippen LogP contribution in [0.15, 0.2) is 18.2 Å². The maximum atomic E-state index is 11.5. The Morgan fingerprint density at radius 2 is 2.27 bits per heavy atom. The van der Waals surface area contributed by atoms with Gasteiger partial charge in [-0.2, -0.15) is 0 Å². The molecular formula is C12H13ClO2. The fraction of sp³-hybridized carbons (Fsp3) is 0.417. The van der Waals surface area contributed by atoms with Crippen LogP contribution in [0.4, 0.5) is 0 Å². The van der Waals surface area contributed by atoms with E-state index < -0.39 is 0 Å². The van der Waals surface area contributed by atoms with Gasteiger partial charge in [-0.25, -0.2) is 0 Å². The molecule has 0 radical (unpaired) electrons. The van der Waals surface area contributed by atoms with E-state index in [0.717, 1.165) is 11.3 Å². The normalized spacial score (nSPS) is 17.0. The molecule has 2 nitrogen and oxygen atoms in total. The van der Waals surface area contributed by atoms with Crippen molar-refractivity contribution in [2.24, 2.45) is 0 Å². The van der Waals surface area contributed by atoms with Gasteiger partial charge in [0, 0.05) is 16.5 Å². The van der Waals surface area contributed by atoms with Crippen LogP contribution in [-0.4, -0.2) is 18.3 Å². The van der Waals surface area contributed by atoms with Crippen molar-refractivity contribution >= 4 is 17.4 Å². The molecule has 3 heteroatoms. The third-order valence-corrected chi connectivity index (χ3v) is 2.98. The molecule has 15 heavy (non-hydrogen) atoms. The van der Waals surface area contributed by atoms with Gasteiger partial charge in [0.25, 0.3) is 0 Å². The van der Waals surface area contributed by atoms with E-state index in [1.165, 1.54) is 0 Å². The summed E-state index contributed by atoms with van der Waals surface area (Å²) in [7, 11) is 0. The molecule has 2 rings (SSSR count). The number of fused-ring (bicyclic) bond motifs is 1. The first-order chi connectivity index (χ1) is 7.04. The van der Waals surface area contributed by atoms with Gasteiger partial charge in [0.2, 0.25) is 0 Å². The van der Waals surface area contributed by atoms with Gasteiger partial charge < -0.3 is 4.74 Å². The lowest BCUT2D eigenvalue weighted by molar-refractivity contribution is 0.102. The van der Waals surface area contributed by atoms with Crippen LogP contribution in [0.2, 0.25) is 0 Å². The Kier molecular flexibility index (Phi) is 2.47. The van der Waals surface area contributed by atoms with Crippen molar-refractivity contribution < 1.29 is 9.53 Å². The highest BCUT2D eigenvalue weighted by atomic mass is 35.5. The first-order valence-electron chi connectivity index (χ1n) is 4.91. The van der Waals surface area contributed by atoms with Crippen molar-refractivity contribution in [3.05, 3.63) is 29.3 Å². The topological polar surface area (TPSA) is 26.3 Å². The average molecular weight is 225 g/mol. The van der Waals surface area contributed by atoms with Crippen LogP contribution in [0.5, 0.6) is 5.75 Å². The van der Waals surface area contributed by atoms with Gasteiger partial charge in [0.1, 0.15) is 5.75 Å². The van der Waals surface area contributed by atoms with Crippen molar-refractivity contribution in [2.75, 3.05) is 12.5 Å². The smallest absolute Gasteiger partial charge is 0.177 e. The van der Waals surface area contributed by atoms with Crippen LogP contribution >= 0.6 is 11.6 Å². The quantitative estimate of drug-likeness (QED) is 0.571. The largest absolute Gasteiger partial charge is 0.492 e. The number of benzene rings is 1. The minimum Gasteiger partial charge on any atom is -0.492 e. The van der Waals surface area contributed by atoms with Gasteiger partial charge >= 0.3 is 0 Å². The van der Waals surface area contributed by atoms with E-state index >= 15 is 0 Å². The van der Waals surface area contributed by atoms with E-state index in [9.17, 15) is 4.79 Å². The lowest BCUT2D eigenvalue weighted by atomic mass is 9.86. The van der Waals surface area contributed by atoms with Gasteiger partial charge in [0.15, 0.2) is 5.78 Å². The minimum absolute atomic E-state index is 0.0159. The molecule has 0 saturated carbocycles. The van der Waals surface area contributed by atoms with E-state index in [1.807, 2.05) is 12.1 Å². The molecule has 1 aliphatic heterocycles. The monoisotopic (exact) mass is 224 g/mol. The molecule has 0 unspecified atom stereocenters. The molecule has 0 saturated heterocycles. The number of carbonyl (C=O) groups excluding carboxylic acids is 1. The highest BCUT2D eigenvalue weighted by Gasteiger charge is 2.32. The summed E-state index contributed by atoms with van der Waals surface area (Å²) in [5.74, 6) is 0.869. The van der Waals surface area contributed by atoms with Crippen molar-refractivity contribution in [3.63, 3.8) is 0 Å². The van der Waals surface area contributed by atoms with Crippen molar-refractivity contribution in [1.82, 2.24) is 0 Å². The Labute approximate surface area is 94.2 Å². The Morgan fingerprint density at radius 3 is 2.93 bits per heavy atom. The molecule has 1 heterocycles. The van der Waals surface area contributed by atoms with Crippen LogP contribution in [0.25, 0.3) is 0 Å². The number of carbonyl (C=O) groups is 1. The maximum Gasteiger partial charge on any atom is 0.177 e. The number of ketones is 1. The minimum atomic E-state index is -0.0397. The van der Waals surface area contributed by atoms with Crippen LogP contribution < -0.4 is 4.74 Å². The summed E-state index contributed by atoms with van der Waals surface area (Å²) >= 11 is 5.53. The molecule has 1 aromatic rings. The number of halogens is 1. The van der Waals surface area contributed by atoms with Gasteiger partial charge in [-0.15, -0.1) is 11.6 Å². The third-order valence-electron chi connectivity index (χ3n) is 2.74. The predicted molar refractivity (Wildman–Crippen MR) is 60.0 cm³/mol. The first-order valence-corrected chi connectivity index (χ1v) is 5.44. The fourth-order valence-electron chi connectivity index (χ4n) is 1.77. The lowest BCUT2D eigenvalue weighted by Gasteiger charge is -2.15. The number of Topliss-reactive ketones (excluding diaryl/α,β-unsaturated/α-hetero) is 1. The zero-order valence-corrected chi connectivity index (χ0v) is 9.60. The zero-order chi connectivity index (χ0) is 11.1. The molecule has 80 valence electrons. The summed E-state index contributed by atoms with van der Waals surface area (Å²) in [5.41, 5.74) is 1.75. The molecule has 0 aromatic heterocycles. The molecular weight excluding hydrogens is 212 g/mol. The van der Waals surface area contributed by atoms with Gasteiger partial charge in [-0.05, 0) is 18.2 Å². The number of alkyl halides is 1. The molecule has 0 atom stereocenters. The number of ether oxygens (including phenoxy) is 1. The summed E-state index contributed by atoms with van der Waals surface area (Å²) in [6.07, 6.45) is 0. The Morgan fingerprint density at radius 1 is 1.53 bits per heavy atom. The fourth-order valence-corrected chi connectivity index (χ4v) is 1.93. The van der Waals surface area contributed by atoms with Gasteiger partial charge in [0.05, 0.1) is 12.5 Å². The van der Waals surface area contributed by atoms with Crippen LogP contribution in [-0.2, 0) is 5.41 Å².